The molecule has 0 bridgehead atoms. The number of hydrogen-bond acceptors (Lipinski definition) is 5. The van der Waals surface area contributed by atoms with Crippen LogP contribution in [0.5, 0.6) is 0 Å². The first-order chi connectivity index (χ1) is 15.0. The highest BCUT2D eigenvalue weighted by Crippen LogP contribution is 2.27. The first-order valence-electron chi connectivity index (χ1n) is 10.1. The minimum Gasteiger partial charge on any atom is -0.352 e. The Morgan fingerprint density at radius 2 is 1.71 bits per heavy atom. The summed E-state index contributed by atoms with van der Waals surface area (Å²) in [4.78, 5) is 17.6. The first-order valence-corrected chi connectivity index (χ1v) is 12.4. The van der Waals surface area contributed by atoms with Crippen LogP contribution in [0.1, 0.15) is 36.5 Å². The number of benzene rings is 2. The summed E-state index contributed by atoms with van der Waals surface area (Å²) >= 11 is 1.44. The predicted octanol–water partition coefficient (Wildman–Crippen LogP) is 4.95. The first kappa shape index (κ1) is 22.8. The Labute approximate surface area is 187 Å². The highest BCUT2D eigenvalue weighted by molar-refractivity contribution is 7.99. The van der Waals surface area contributed by atoms with Crippen molar-refractivity contribution in [2.45, 2.75) is 41.0 Å². The van der Waals surface area contributed by atoms with Crippen molar-refractivity contribution in [3.05, 3.63) is 78.5 Å². The van der Waals surface area contributed by atoms with Gasteiger partial charge in [0.25, 0.3) is 15.9 Å². The van der Waals surface area contributed by atoms with Crippen molar-refractivity contribution in [3.63, 3.8) is 0 Å². The zero-order valence-corrected chi connectivity index (χ0v) is 18.9. The van der Waals surface area contributed by atoms with Gasteiger partial charge in [-0.15, -0.1) is 0 Å². The van der Waals surface area contributed by atoms with Gasteiger partial charge in [-0.2, -0.15) is 0 Å². The lowest BCUT2D eigenvalue weighted by molar-refractivity contribution is 0.0952. The van der Waals surface area contributed by atoms with E-state index in [-0.39, 0.29) is 10.8 Å². The lowest BCUT2D eigenvalue weighted by atomic mass is 10.2. The number of nitrogens with zero attached hydrogens (tertiary/aromatic N) is 1. The van der Waals surface area contributed by atoms with Crippen molar-refractivity contribution in [2.24, 2.45) is 0 Å². The van der Waals surface area contributed by atoms with E-state index in [1.54, 1.807) is 60.8 Å². The fraction of sp³-hybridized carbons (Fsp3) is 0.217. The third-order valence-electron chi connectivity index (χ3n) is 4.45. The van der Waals surface area contributed by atoms with Gasteiger partial charge in [0.2, 0.25) is 0 Å². The number of rotatable bonds is 10. The Balaban J connectivity index is 1.57. The predicted molar refractivity (Wildman–Crippen MR) is 124 cm³/mol. The van der Waals surface area contributed by atoms with E-state index < -0.39 is 10.0 Å². The van der Waals surface area contributed by atoms with Gasteiger partial charge in [-0.3, -0.25) is 9.52 Å². The fourth-order valence-electron chi connectivity index (χ4n) is 2.78. The molecule has 8 heteroatoms. The topological polar surface area (TPSA) is 88.2 Å². The number of nitrogens with one attached hydrogen (secondary N) is 2. The molecule has 0 aliphatic rings. The maximum Gasteiger partial charge on any atom is 0.261 e. The minimum atomic E-state index is -3.62. The number of hydrogen-bond donors (Lipinski definition) is 2. The quantitative estimate of drug-likeness (QED) is 0.422. The van der Waals surface area contributed by atoms with E-state index in [0.717, 1.165) is 29.2 Å². The van der Waals surface area contributed by atoms with Gasteiger partial charge in [-0.05, 0) is 55.0 Å². The maximum absolute atomic E-state index is 12.4. The second kappa shape index (κ2) is 11.0. The Morgan fingerprint density at radius 3 is 2.35 bits per heavy atom. The molecular weight excluding hydrogens is 430 g/mol. The average Bonchev–Trinajstić information content (AvgIpc) is 2.79. The van der Waals surface area contributed by atoms with E-state index in [1.165, 1.54) is 11.8 Å². The molecule has 0 atom stereocenters. The molecule has 31 heavy (non-hydrogen) atoms. The molecular formula is C23H25N3O3S2. The number of pyridine rings is 1. The van der Waals surface area contributed by atoms with Crippen LogP contribution in [0.15, 0.2) is 87.7 Å². The van der Waals surface area contributed by atoms with E-state index in [4.69, 9.17) is 0 Å². The van der Waals surface area contributed by atoms with Crippen molar-refractivity contribution in [1.82, 2.24) is 10.3 Å². The molecule has 0 saturated carbocycles. The molecule has 1 aromatic heterocycles. The van der Waals surface area contributed by atoms with Crippen LogP contribution < -0.4 is 10.0 Å². The van der Waals surface area contributed by atoms with Crippen molar-refractivity contribution in [3.8, 4) is 0 Å². The summed E-state index contributed by atoms with van der Waals surface area (Å²) in [5.74, 6) is -0.116. The minimum absolute atomic E-state index is 0.116. The molecule has 0 aliphatic carbocycles. The Kier molecular flexibility index (Phi) is 8.08. The van der Waals surface area contributed by atoms with Gasteiger partial charge in [-0.25, -0.2) is 13.4 Å². The third-order valence-corrected chi connectivity index (χ3v) is 6.80. The molecule has 0 spiro atoms. The van der Waals surface area contributed by atoms with E-state index in [1.807, 2.05) is 12.1 Å². The molecule has 0 aliphatic heterocycles. The van der Waals surface area contributed by atoms with Crippen LogP contribution in [0, 0.1) is 0 Å². The zero-order chi connectivity index (χ0) is 22.1. The van der Waals surface area contributed by atoms with Crippen LogP contribution in [-0.4, -0.2) is 25.9 Å². The normalized spacial score (nSPS) is 11.1. The van der Waals surface area contributed by atoms with Crippen LogP contribution in [0.4, 0.5) is 5.69 Å². The van der Waals surface area contributed by atoms with Gasteiger partial charge in [0.1, 0.15) is 5.03 Å². The van der Waals surface area contributed by atoms with Gasteiger partial charge < -0.3 is 5.32 Å². The van der Waals surface area contributed by atoms with Crippen LogP contribution >= 0.6 is 11.8 Å². The van der Waals surface area contributed by atoms with Crippen molar-refractivity contribution >= 4 is 33.4 Å². The number of amides is 1. The molecule has 1 heterocycles. The molecule has 162 valence electrons. The lowest BCUT2D eigenvalue weighted by Crippen LogP contribution is -2.24. The van der Waals surface area contributed by atoms with Crippen molar-refractivity contribution in [1.29, 1.82) is 0 Å². The average molecular weight is 456 g/mol. The SMILES string of the molecule is CCCCCNC(=O)c1ccc(Sc2ccc(NS(=O)(=O)c3ccccc3)cc2)nc1. The third kappa shape index (κ3) is 6.83. The summed E-state index contributed by atoms with van der Waals surface area (Å²) in [6, 6.07) is 18.9. The molecule has 0 fully saturated rings. The monoisotopic (exact) mass is 455 g/mol. The maximum atomic E-state index is 12.4. The van der Waals surface area contributed by atoms with Crippen LogP contribution in [0.3, 0.4) is 0 Å². The standard InChI is InChI=1S/C23H25N3O3S2/c1-2-3-7-16-24-23(27)18-10-15-22(25-17-18)30-20-13-11-19(12-14-20)26-31(28,29)21-8-5-4-6-9-21/h4-6,8-15,17,26H,2-3,7,16H2,1H3,(H,24,27). The summed E-state index contributed by atoms with van der Waals surface area (Å²) in [6.07, 6.45) is 4.75. The Morgan fingerprint density at radius 1 is 0.968 bits per heavy atom. The summed E-state index contributed by atoms with van der Waals surface area (Å²) in [7, 11) is -3.62. The highest BCUT2D eigenvalue weighted by Gasteiger charge is 2.13. The van der Waals surface area contributed by atoms with E-state index in [9.17, 15) is 13.2 Å². The summed E-state index contributed by atoms with van der Waals surface area (Å²) in [5.41, 5.74) is 1.02. The van der Waals surface area contributed by atoms with E-state index in [0.29, 0.717) is 17.8 Å². The highest BCUT2D eigenvalue weighted by atomic mass is 32.2. The van der Waals surface area contributed by atoms with Gasteiger partial charge in [0.15, 0.2) is 0 Å². The summed E-state index contributed by atoms with van der Waals surface area (Å²) in [5, 5.41) is 3.65. The van der Waals surface area contributed by atoms with Gasteiger partial charge in [0.05, 0.1) is 10.5 Å². The molecule has 0 radical (unpaired) electrons. The Hall–Kier alpha value is -2.84. The molecule has 6 nitrogen and oxygen atoms in total. The molecule has 0 unspecified atom stereocenters. The smallest absolute Gasteiger partial charge is 0.261 e. The number of sulfonamides is 1. The largest absolute Gasteiger partial charge is 0.352 e. The number of unbranched alkanes of at least 4 members (excludes halogenated alkanes) is 2. The Bertz CT molecular complexity index is 1090. The summed E-state index contributed by atoms with van der Waals surface area (Å²) < 4.78 is 27.4. The zero-order valence-electron chi connectivity index (χ0n) is 17.2. The van der Waals surface area contributed by atoms with E-state index >= 15 is 0 Å². The molecule has 1 amide bonds. The van der Waals surface area contributed by atoms with Gasteiger partial charge >= 0.3 is 0 Å². The number of aromatic nitrogens is 1. The molecule has 0 saturated heterocycles. The van der Waals surface area contributed by atoms with Crippen LogP contribution in [0.25, 0.3) is 0 Å². The number of carbonyl (C=O) groups excluding carboxylic acids is 1. The van der Waals surface area contributed by atoms with Crippen molar-refractivity contribution < 1.29 is 13.2 Å². The van der Waals surface area contributed by atoms with Gasteiger partial charge in [0, 0.05) is 23.3 Å². The molecule has 2 N–H and O–H groups in total. The van der Waals surface area contributed by atoms with Crippen LogP contribution in [0.2, 0.25) is 0 Å². The molecule has 2 aromatic carbocycles. The summed E-state index contributed by atoms with van der Waals surface area (Å²) in [6.45, 7) is 2.79. The van der Waals surface area contributed by atoms with Gasteiger partial charge in [-0.1, -0.05) is 49.7 Å². The van der Waals surface area contributed by atoms with Crippen molar-refractivity contribution in [2.75, 3.05) is 11.3 Å². The second-order valence-electron chi connectivity index (χ2n) is 6.89. The number of carbonyl (C=O) groups is 1. The molecule has 3 rings (SSSR count). The fourth-order valence-corrected chi connectivity index (χ4v) is 4.61. The lowest BCUT2D eigenvalue weighted by Gasteiger charge is -2.09. The van der Waals surface area contributed by atoms with Crippen LogP contribution in [-0.2, 0) is 10.0 Å². The molecule has 3 aromatic rings. The van der Waals surface area contributed by atoms with E-state index in [2.05, 4.69) is 21.9 Å². The number of anilines is 1. The second-order valence-corrected chi connectivity index (χ2v) is 9.67.